The zero-order valence-corrected chi connectivity index (χ0v) is 29.8. The van der Waals surface area contributed by atoms with E-state index in [0.29, 0.717) is 5.75 Å². The van der Waals surface area contributed by atoms with E-state index in [9.17, 15) is 9.90 Å². The molecule has 7 heteroatoms. The first-order chi connectivity index (χ1) is 21.0. The molecule has 1 aliphatic heterocycles. The summed E-state index contributed by atoms with van der Waals surface area (Å²) in [6.45, 7) is 22.4. The number of carbonyl (C=O) groups excluding carboxylic acids is 1. The van der Waals surface area contributed by atoms with Gasteiger partial charge in [-0.1, -0.05) is 77.6 Å². The molecule has 1 radical (unpaired) electrons. The van der Waals surface area contributed by atoms with Gasteiger partial charge in [0.1, 0.15) is 12.1 Å². The van der Waals surface area contributed by atoms with Crippen molar-refractivity contribution in [3.05, 3.63) is 83.2 Å². The summed E-state index contributed by atoms with van der Waals surface area (Å²) in [6.07, 6.45) is 7.43. The molecule has 0 saturated heterocycles. The van der Waals surface area contributed by atoms with Gasteiger partial charge in [-0.2, -0.15) is 0 Å². The number of ether oxygens (including phenoxy) is 1. The van der Waals surface area contributed by atoms with E-state index in [1.807, 2.05) is 52.0 Å². The van der Waals surface area contributed by atoms with Crippen molar-refractivity contribution in [1.29, 1.82) is 0 Å². The van der Waals surface area contributed by atoms with Gasteiger partial charge < -0.3 is 14.7 Å². The second-order valence-electron chi connectivity index (χ2n) is 12.7. The van der Waals surface area contributed by atoms with Crippen molar-refractivity contribution in [3.63, 3.8) is 0 Å². The molecule has 1 N–H and O–H groups in total. The zero-order chi connectivity index (χ0) is 32.0. The minimum atomic E-state index is 0. The molecule has 3 aromatic carbocycles. The molecule has 2 heterocycles. The molecule has 0 unspecified atom stereocenters. The fraction of sp³-hybridized carbons (Fsp3) is 0.421. The smallest absolute Gasteiger partial charge is 0.230 e. The first-order valence-electron chi connectivity index (χ1n) is 15.7. The van der Waals surface area contributed by atoms with Gasteiger partial charge >= 0.3 is 0 Å². The third-order valence-electron chi connectivity index (χ3n) is 8.28. The van der Waals surface area contributed by atoms with E-state index >= 15 is 0 Å². The van der Waals surface area contributed by atoms with E-state index < -0.39 is 0 Å². The zero-order valence-electron chi connectivity index (χ0n) is 27.5. The molecule has 1 aromatic heterocycles. The molecule has 0 spiro atoms. The van der Waals surface area contributed by atoms with Crippen molar-refractivity contribution in [1.82, 2.24) is 9.97 Å². The van der Waals surface area contributed by atoms with E-state index in [4.69, 9.17) is 11.3 Å². The predicted molar refractivity (Wildman–Crippen MR) is 179 cm³/mol. The molecule has 1 aliphatic rings. The van der Waals surface area contributed by atoms with Crippen LogP contribution in [0.2, 0.25) is 0 Å². The van der Waals surface area contributed by atoms with Gasteiger partial charge in [0.05, 0.1) is 17.0 Å². The van der Waals surface area contributed by atoms with Crippen LogP contribution in [0.5, 0.6) is 11.5 Å². The van der Waals surface area contributed by atoms with E-state index in [1.165, 1.54) is 11.6 Å². The molecule has 0 fully saturated rings. The van der Waals surface area contributed by atoms with Crippen molar-refractivity contribution in [3.8, 4) is 22.8 Å². The largest absolute Gasteiger partial charge is 0.512 e. The van der Waals surface area contributed by atoms with Gasteiger partial charge in [0.2, 0.25) is 6.54 Å². The maximum atomic E-state index is 11.7. The number of nitrogens with zero attached hydrogens (tertiary/aromatic N) is 3. The van der Waals surface area contributed by atoms with Crippen molar-refractivity contribution in [2.24, 2.45) is 17.3 Å². The summed E-state index contributed by atoms with van der Waals surface area (Å²) in [5.41, 5.74) is 4.75. The summed E-state index contributed by atoms with van der Waals surface area (Å²) in [5.74, 6) is 2.01. The maximum Gasteiger partial charge on any atom is 0.230 e. The Labute approximate surface area is 281 Å². The Balaban J connectivity index is 0.000000297. The number of aromatic nitrogens is 2. The van der Waals surface area contributed by atoms with E-state index in [2.05, 4.69) is 53.8 Å². The van der Waals surface area contributed by atoms with E-state index in [-0.39, 0.29) is 55.4 Å². The number of allylic oxidation sites excluding steroid dienone is 2. The predicted octanol–water partition coefficient (Wildman–Crippen LogP) is 10.2. The Hall–Kier alpha value is -3.59. The number of aliphatic hydroxyl groups is 1. The number of carbonyl (C=O) groups is 1. The topological polar surface area (TPSA) is 76.7 Å². The van der Waals surface area contributed by atoms with Gasteiger partial charge in [-0.15, -0.1) is 17.5 Å². The summed E-state index contributed by atoms with van der Waals surface area (Å²) in [7, 11) is 0. The minimum Gasteiger partial charge on any atom is -0.512 e. The van der Waals surface area contributed by atoms with Crippen LogP contribution in [-0.2, 0) is 37.9 Å². The number of hydrogen-bond donors (Lipinski definition) is 1. The van der Waals surface area contributed by atoms with Crippen LogP contribution in [0.25, 0.3) is 37.8 Å². The number of ketones is 1. The van der Waals surface area contributed by atoms with Gasteiger partial charge in [0, 0.05) is 54.7 Å². The minimum absolute atomic E-state index is 0. The summed E-state index contributed by atoms with van der Waals surface area (Å²) in [4.78, 5) is 24.5. The molecular weight excluding hydrogens is 739 g/mol. The second kappa shape index (κ2) is 15.6. The Kier molecular flexibility index (Phi) is 12.4. The third kappa shape index (κ3) is 8.17. The quantitative estimate of drug-likeness (QED) is 0.0916. The van der Waals surface area contributed by atoms with Gasteiger partial charge in [0.15, 0.2) is 5.78 Å². The fourth-order valence-corrected chi connectivity index (χ4v) is 5.92. The summed E-state index contributed by atoms with van der Waals surface area (Å²) >= 11 is 0. The summed E-state index contributed by atoms with van der Waals surface area (Å²) in [5, 5.41) is 12.6. The molecule has 239 valence electrons. The second-order valence-corrected chi connectivity index (χ2v) is 12.7. The number of hydrogen-bond acceptors (Lipinski definition) is 5. The molecule has 0 saturated carbocycles. The van der Waals surface area contributed by atoms with Crippen LogP contribution in [0.3, 0.4) is 0 Å². The standard InChI is InChI=1S/C25H20N3O.C13H24O2.Ir/c1-25(2,3)12-15-9-20-22-21(10-15)29-24-18(23(22)28-14-27-20)11-16-7-5-6-8-17(16)19(24)13-26-4;1-5-10(6-2)12(14)9-13(15)11(7-3)8-4;/h5-10,14H,12-13H2,1-3H3;9-11,14H,5-8H2,1-4H3;/q-1;;/b;12-9-;. The number of benzene rings is 3. The van der Waals surface area contributed by atoms with Crippen molar-refractivity contribution < 1.29 is 34.7 Å². The average molecular weight is 783 g/mol. The molecule has 45 heavy (non-hydrogen) atoms. The third-order valence-corrected chi connectivity index (χ3v) is 8.28. The fourth-order valence-electron chi connectivity index (χ4n) is 5.92. The first-order valence-corrected chi connectivity index (χ1v) is 15.7. The van der Waals surface area contributed by atoms with Crippen LogP contribution in [0.15, 0.2) is 54.6 Å². The van der Waals surface area contributed by atoms with Gasteiger partial charge in [-0.25, -0.2) is 11.6 Å². The van der Waals surface area contributed by atoms with Gasteiger partial charge in [-0.3, -0.25) is 9.78 Å². The van der Waals surface area contributed by atoms with Crippen LogP contribution in [0.4, 0.5) is 0 Å². The van der Waals surface area contributed by atoms with E-state index in [1.54, 1.807) is 6.33 Å². The molecule has 4 aromatic rings. The maximum absolute atomic E-state index is 11.7. The van der Waals surface area contributed by atoms with Crippen molar-refractivity contribution >= 4 is 27.5 Å². The van der Waals surface area contributed by atoms with Crippen LogP contribution >= 0.6 is 0 Å². The molecular formula is C38H44IrN3O3-. The average Bonchev–Trinajstić information content (AvgIpc) is 2.98. The molecule has 0 aliphatic carbocycles. The monoisotopic (exact) mass is 783 g/mol. The molecule has 0 bridgehead atoms. The van der Waals surface area contributed by atoms with Crippen molar-refractivity contribution in [2.45, 2.75) is 87.1 Å². The van der Waals surface area contributed by atoms with Gasteiger partial charge in [-0.05, 0) is 55.2 Å². The van der Waals surface area contributed by atoms with Crippen LogP contribution in [-0.4, -0.2) is 20.9 Å². The Bertz CT molecular complexity index is 1720. The van der Waals surface area contributed by atoms with Crippen LogP contribution < -0.4 is 4.74 Å². The number of aliphatic hydroxyl groups excluding tert-OH is 1. The molecule has 0 amide bonds. The Morgan fingerprint density at radius 3 is 2.33 bits per heavy atom. The number of fused-ring (bicyclic) bond motifs is 3. The SMILES string of the molecule is CCC(CC)C(=O)/C=C(\O)C(CC)CC.[C-]#[N+]Cc1c2c([c-]c3ccccc13)-c1ncnc3cc(CC(C)(C)C)cc(c13)O2.[Ir]. The van der Waals surface area contributed by atoms with Crippen LogP contribution in [0, 0.1) is 29.9 Å². The summed E-state index contributed by atoms with van der Waals surface area (Å²) < 4.78 is 6.44. The number of rotatable bonds is 9. The Morgan fingerprint density at radius 2 is 1.71 bits per heavy atom. The van der Waals surface area contributed by atoms with Crippen LogP contribution in [0.1, 0.15) is 85.3 Å². The van der Waals surface area contributed by atoms with Gasteiger partial charge in [0.25, 0.3) is 0 Å². The van der Waals surface area contributed by atoms with Crippen molar-refractivity contribution in [2.75, 3.05) is 0 Å². The molecule has 0 atom stereocenters. The summed E-state index contributed by atoms with van der Waals surface area (Å²) in [6, 6.07) is 15.7. The first kappa shape index (κ1) is 35.9. The Morgan fingerprint density at radius 1 is 1.04 bits per heavy atom. The van der Waals surface area contributed by atoms with E-state index in [0.717, 1.165) is 76.3 Å². The normalized spacial score (nSPS) is 12.2. The molecule has 6 nitrogen and oxygen atoms in total. The molecule has 5 rings (SSSR count).